The zero-order chi connectivity index (χ0) is 16.4. The van der Waals surface area contributed by atoms with Gasteiger partial charge in [0.25, 0.3) is 0 Å². The number of ether oxygens (including phenoxy) is 1. The van der Waals surface area contributed by atoms with Gasteiger partial charge in [0.1, 0.15) is 5.82 Å². The molecule has 0 aromatic heterocycles. The Morgan fingerprint density at radius 2 is 1.87 bits per heavy atom. The molecule has 4 nitrogen and oxygen atoms in total. The molecule has 0 unspecified atom stereocenters. The Kier molecular flexibility index (Phi) is 4.82. The second-order valence-electron chi connectivity index (χ2n) is 5.34. The fraction of sp³-hybridized carbons (Fsp3) is 0.250. The molecular weight excluding hydrogens is 385 g/mol. The number of halogens is 2. The molecule has 1 heterocycles. The monoisotopic (exact) mass is 399 g/mol. The Morgan fingerprint density at radius 1 is 1.17 bits per heavy atom. The first kappa shape index (κ1) is 16.6. The minimum absolute atomic E-state index is 0.163. The lowest BCUT2D eigenvalue weighted by Crippen LogP contribution is -2.54. The van der Waals surface area contributed by atoms with Crippen LogP contribution in [-0.2, 0) is 21.4 Å². The van der Waals surface area contributed by atoms with Gasteiger partial charge in [-0.15, -0.1) is 0 Å². The Hall–Kier alpha value is -1.28. The Labute approximate surface area is 143 Å². The van der Waals surface area contributed by atoms with Crippen molar-refractivity contribution >= 4 is 26.0 Å². The second-order valence-corrected chi connectivity index (χ2v) is 8.19. The van der Waals surface area contributed by atoms with Gasteiger partial charge in [-0.2, -0.15) is 4.31 Å². The van der Waals surface area contributed by atoms with Gasteiger partial charge in [-0.1, -0.05) is 28.1 Å². The van der Waals surface area contributed by atoms with E-state index in [9.17, 15) is 12.8 Å². The van der Waals surface area contributed by atoms with Crippen molar-refractivity contribution in [3.63, 3.8) is 0 Å². The molecule has 0 amide bonds. The van der Waals surface area contributed by atoms with E-state index >= 15 is 0 Å². The summed E-state index contributed by atoms with van der Waals surface area (Å²) in [5, 5.41) is 0. The van der Waals surface area contributed by atoms with E-state index < -0.39 is 10.0 Å². The van der Waals surface area contributed by atoms with Crippen molar-refractivity contribution in [1.82, 2.24) is 4.31 Å². The zero-order valence-electron chi connectivity index (χ0n) is 12.2. The van der Waals surface area contributed by atoms with Crippen molar-refractivity contribution in [2.45, 2.75) is 17.6 Å². The Morgan fingerprint density at radius 3 is 2.52 bits per heavy atom. The van der Waals surface area contributed by atoms with Crippen LogP contribution in [-0.4, -0.2) is 31.9 Å². The summed E-state index contributed by atoms with van der Waals surface area (Å²) in [4.78, 5) is 0.268. The molecule has 0 N–H and O–H groups in total. The molecule has 0 saturated carbocycles. The first-order valence-corrected chi connectivity index (χ1v) is 9.30. The standard InChI is InChI=1S/C16H15BrFNO3S/c17-13-4-6-16(7-5-13)23(20,21)19-9-15(10-19)22-11-12-2-1-3-14(18)8-12/h1-8,15H,9-11H2. The van der Waals surface area contributed by atoms with Crippen molar-refractivity contribution in [3.8, 4) is 0 Å². The maximum absolute atomic E-state index is 13.1. The molecule has 23 heavy (non-hydrogen) atoms. The topological polar surface area (TPSA) is 46.6 Å². The van der Waals surface area contributed by atoms with Gasteiger partial charge in [0.05, 0.1) is 17.6 Å². The molecule has 0 atom stereocenters. The summed E-state index contributed by atoms with van der Waals surface area (Å²) in [6.07, 6.45) is -0.163. The van der Waals surface area contributed by atoms with Crippen LogP contribution in [0.15, 0.2) is 57.9 Å². The summed E-state index contributed by atoms with van der Waals surface area (Å²) in [5.74, 6) is -0.306. The Bertz CT molecular complexity index is 789. The largest absolute Gasteiger partial charge is 0.371 e. The van der Waals surface area contributed by atoms with Crippen molar-refractivity contribution in [3.05, 3.63) is 64.4 Å². The Balaban J connectivity index is 1.55. The van der Waals surface area contributed by atoms with Gasteiger partial charge < -0.3 is 4.74 Å². The number of hydrogen-bond donors (Lipinski definition) is 0. The fourth-order valence-electron chi connectivity index (χ4n) is 2.30. The van der Waals surface area contributed by atoms with Crippen LogP contribution in [0.5, 0.6) is 0 Å². The van der Waals surface area contributed by atoms with E-state index in [0.29, 0.717) is 13.1 Å². The second kappa shape index (κ2) is 6.68. The van der Waals surface area contributed by atoms with Crippen molar-refractivity contribution in [1.29, 1.82) is 0 Å². The maximum Gasteiger partial charge on any atom is 0.243 e. The van der Waals surface area contributed by atoms with Crippen molar-refractivity contribution in [2.75, 3.05) is 13.1 Å². The predicted molar refractivity (Wildman–Crippen MR) is 87.9 cm³/mol. The van der Waals surface area contributed by atoms with Gasteiger partial charge in [0.15, 0.2) is 0 Å². The van der Waals surface area contributed by atoms with Crippen LogP contribution in [0.4, 0.5) is 4.39 Å². The average Bonchev–Trinajstić information content (AvgIpc) is 2.46. The lowest BCUT2D eigenvalue weighted by molar-refractivity contribution is -0.0296. The lowest BCUT2D eigenvalue weighted by atomic mass is 10.2. The van der Waals surface area contributed by atoms with Gasteiger partial charge in [-0.25, -0.2) is 12.8 Å². The molecule has 7 heteroatoms. The number of rotatable bonds is 5. The number of benzene rings is 2. The molecule has 0 aliphatic carbocycles. The number of sulfonamides is 1. The van der Waals surface area contributed by atoms with E-state index in [1.54, 1.807) is 36.4 Å². The molecule has 0 radical (unpaired) electrons. The highest BCUT2D eigenvalue weighted by atomic mass is 79.9. The molecule has 122 valence electrons. The van der Waals surface area contributed by atoms with Gasteiger partial charge in [-0.3, -0.25) is 0 Å². The quantitative estimate of drug-likeness (QED) is 0.775. The summed E-state index contributed by atoms with van der Waals surface area (Å²) in [7, 11) is -3.47. The summed E-state index contributed by atoms with van der Waals surface area (Å²) in [6, 6.07) is 12.7. The summed E-state index contributed by atoms with van der Waals surface area (Å²) in [5.41, 5.74) is 0.735. The smallest absolute Gasteiger partial charge is 0.243 e. The van der Waals surface area contributed by atoms with Gasteiger partial charge in [0, 0.05) is 17.6 Å². The van der Waals surface area contributed by atoms with Crippen LogP contribution in [0.25, 0.3) is 0 Å². The van der Waals surface area contributed by atoms with E-state index in [0.717, 1.165) is 10.0 Å². The molecule has 0 spiro atoms. The molecule has 2 aromatic carbocycles. The molecule has 1 aliphatic rings. The van der Waals surface area contributed by atoms with Crippen LogP contribution in [0.2, 0.25) is 0 Å². The van der Waals surface area contributed by atoms with Crippen LogP contribution >= 0.6 is 15.9 Å². The highest BCUT2D eigenvalue weighted by molar-refractivity contribution is 9.10. The van der Waals surface area contributed by atoms with E-state index in [1.807, 2.05) is 0 Å². The van der Waals surface area contributed by atoms with Crippen LogP contribution in [0.3, 0.4) is 0 Å². The molecule has 3 rings (SSSR count). The number of nitrogens with zero attached hydrogens (tertiary/aromatic N) is 1. The third-order valence-electron chi connectivity index (χ3n) is 3.64. The first-order valence-electron chi connectivity index (χ1n) is 7.07. The molecule has 1 fully saturated rings. The number of hydrogen-bond acceptors (Lipinski definition) is 3. The fourth-order valence-corrected chi connectivity index (χ4v) is 4.07. The molecule has 1 aliphatic heterocycles. The normalized spacial score (nSPS) is 16.3. The van der Waals surface area contributed by atoms with Crippen molar-refractivity contribution < 1.29 is 17.5 Å². The SMILES string of the molecule is O=S(=O)(c1ccc(Br)cc1)N1CC(OCc2cccc(F)c2)C1. The minimum atomic E-state index is -3.47. The maximum atomic E-state index is 13.1. The van der Waals surface area contributed by atoms with Gasteiger partial charge in [0.2, 0.25) is 10.0 Å². The molecule has 1 saturated heterocycles. The summed E-state index contributed by atoms with van der Waals surface area (Å²) in [6.45, 7) is 0.899. The van der Waals surface area contributed by atoms with Gasteiger partial charge >= 0.3 is 0 Å². The minimum Gasteiger partial charge on any atom is -0.371 e. The zero-order valence-corrected chi connectivity index (χ0v) is 14.6. The van der Waals surface area contributed by atoms with Crippen LogP contribution in [0, 0.1) is 5.82 Å². The summed E-state index contributed by atoms with van der Waals surface area (Å²) < 4.78 is 45.7. The third-order valence-corrected chi connectivity index (χ3v) is 6.02. The van der Waals surface area contributed by atoms with Crippen LogP contribution in [0.1, 0.15) is 5.56 Å². The highest BCUT2D eigenvalue weighted by Crippen LogP contribution is 2.24. The highest BCUT2D eigenvalue weighted by Gasteiger charge is 2.37. The summed E-state index contributed by atoms with van der Waals surface area (Å²) >= 11 is 3.28. The average molecular weight is 400 g/mol. The molecule has 2 aromatic rings. The third kappa shape index (κ3) is 3.80. The molecule has 0 bridgehead atoms. The van der Waals surface area contributed by atoms with Crippen molar-refractivity contribution in [2.24, 2.45) is 0 Å². The van der Waals surface area contributed by atoms with Gasteiger partial charge in [-0.05, 0) is 42.0 Å². The molecular formula is C16H15BrFNO3S. The van der Waals surface area contributed by atoms with E-state index in [1.165, 1.54) is 16.4 Å². The first-order chi connectivity index (χ1) is 10.9. The van der Waals surface area contributed by atoms with Crippen LogP contribution < -0.4 is 0 Å². The van der Waals surface area contributed by atoms with E-state index in [2.05, 4.69) is 15.9 Å². The lowest BCUT2D eigenvalue weighted by Gasteiger charge is -2.37. The van der Waals surface area contributed by atoms with E-state index in [-0.39, 0.29) is 23.4 Å². The predicted octanol–water partition coefficient (Wildman–Crippen LogP) is 3.18. The van der Waals surface area contributed by atoms with E-state index in [4.69, 9.17) is 4.74 Å².